The highest BCUT2D eigenvalue weighted by molar-refractivity contribution is 8.00. The SMILES string of the molecule is CCc1ccc(C2SCC(=O)N2CCCCC(NC(C)=O)C(=O)OC)o1. The fraction of sp³-hybridized carbons (Fsp3) is 0.611. The van der Waals surface area contributed by atoms with Gasteiger partial charge >= 0.3 is 5.97 Å². The summed E-state index contributed by atoms with van der Waals surface area (Å²) >= 11 is 1.57. The second-order valence-corrected chi connectivity index (χ2v) is 7.25. The summed E-state index contributed by atoms with van der Waals surface area (Å²) in [6.45, 7) is 3.99. The molecule has 2 amide bonds. The van der Waals surface area contributed by atoms with Crippen LogP contribution in [0.1, 0.15) is 50.0 Å². The number of hydrogen-bond donors (Lipinski definition) is 1. The number of aryl methyl sites for hydroxylation is 1. The zero-order valence-electron chi connectivity index (χ0n) is 15.4. The molecule has 7 nitrogen and oxygen atoms in total. The maximum absolute atomic E-state index is 12.2. The minimum Gasteiger partial charge on any atom is -0.467 e. The van der Waals surface area contributed by atoms with Gasteiger partial charge in [0.15, 0.2) is 0 Å². The van der Waals surface area contributed by atoms with Gasteiger partial charge in [-0.25, -0.2) is 4.79 Å². The molecule has 0 spiro atoms. The van der Waals surface area contributed by atoms with Crippen LogP contribution in [0.25, 0.3) is 0 Å². The molecule has 2 atom stereocenters. The molecule has 2 heterocycles. The van der Waals surface area contributed by atoms with E-state index in [-0.39, 0.29) is 17.2 Å². The summed E-state index contributed by atoms with van der Waals surface area (Å²) in [6, 6.07) is 3.24. The summed E-state index contributed by atoms with van der Waals surface area (Å²) in [5.74, 6) is 1.55. The molecule has 144 valence electrons. The Labute approximate surface area is 157 Å². The van der Waals surface area contributed by atoms with Crippen molar-refractivity contribution in [3.63, 3.8) is 0 Å². The quantitative estimate of drug-likeness (QED) is 0.521. The van der Waals surface area contributed by atoms with Gasteiger partial charge in [0.05, 0.1) is 12.9 Å². The van der Waals surface area contributed by atoms with E-state index in [9.17, 15) is 14.4 Å². The summed E-state index contributed by atoms with van der Waals surface area (Å²) in [5.41, 5.74) is 0. The Kier molecular flexibility index (Phi) is 7.56. The predicted molar refractivity (Wildman–Crippen MR) is 98.5 cm³/mol. The Bertz CT molecular complexity index is 645. The van der Waals surface area contributed by atoms with Crippen molar-refractivity contribution in [1.82, 2.24) is 10.2 Å². The smallest absolute Gasteiger partial charge is 0.328 e. The van der Waals surface area contributed by atoms with Crippen molar-refractivity contribution >= 4 is 29.5 Å². The lowest BCUT2D eigenvalue weighted by Crippen LogP contribution is -2.40. The third-order valence-corrected chi connectivity index (χ3v) is 5.46. The first-order valence-electron chi connectivity index (χ1n) is 8.80. The molecule has 1 aromatic heterocycles. The maximum atomic E-state index is 12.2. The van der Waals surface area contributed by atoms with Crippen LogP contribution in [0, 0.1) is 0 Å². The molecule has 1 fully saturated rings. The predicted octanol–water partition coefficient (Wildman–Crippen LogP) is 2.26. The van der Waals surface area contributed by atoms with Crippen molar-refractivity contribution in [2.24, 2.45) is 0 Å². The van der Waals surface area contributed by atoms with Crippen molar-refractivity contribution in [1.29, 1.82) is 0 Å². The Morgan fingerprint density at radius 2 is 2.19 bits per heavy atom. The van der Waals surface area contributed by atoms with E-state index in [0.29, 0.717) is 25.1 Å². The van der Waals surface area contributed by atoms with Crippen LogP contribution in [0.4, 0.5) is 0 Å². The standard InChI is InChI=1S/C18H26N2O5S/c1-4-13-8-9-15(25-13)17-20(16(22)11-26-17)10-6-5-7-14(18(23)24-3)19-12(2)21/h8-9,14,17H,4-7,10-11H2,1-3H3,(H,19,21). The summed E-state index contributed by atoms with van der Waals surface area (Å²) in [4.78, 5) is 36.9. The molecule has 0 aliphatic carbocycles. The number of nitrogens with one attached hydrogen (secondary N) is 1. The maximum Gasteiger partial charge on any atom is 0.328 e. The van der Waals surface area contributed by atoms with Crippen molar-refractivity contribution in [2.75, 3.05) is 19.4 Å². The highest BCUT2D eigenvalue weighted by Crippen LogP contribution is 2.39. The van der Waals surface area contributed by atoms with Gasteiger partial charge in [0, 0.05) is 19.9 Å². The first-order chi connectivity index (χ1) is 12.5. The Hall–Kier alpha value is -1.96. The zero-order chi connectivity index (χ0) is 19.1. The fourth-order valence-electron chi connectivity index (χ4n) is 2.92. The van der Waals surface area contributed by atoms with E-state index < -0.39 is 12.0 Å². The van der Waals surface area contributed by atoms with Crippen LogP contribution in [-0.2, 0) is 25.5 Å². The highest BCUT2D eigenvalue weighted by Gasteiger charge is 2.34. The van der Waals surface area contributed by atoms with E-state index in [0.717, 1.165) is 24.4 Å². The van der Waals surface area contributed by atoms with Crippen molar-refractivity contribution in [3.05, 3.63) is 23.7 Å². The molecular weight excluding hydrogens is 356 g/mol. The molecule has 1 N–H and O–H groups in total. The van der Waals surface area contributed by atoms with Crippen LogP contribution in [0.15, 0.2) is 16.5 Å². The molecule has 1 aliphatic heterocycles. The zero-order valence-corrected chi connectivity index (χ0v) is 16.3. The molecule has 1 aliphatic rings. The van der Waals surface area contributed by atoms with Gasteiger partial charge in [-0.3, -0.25) is 9.59 Å². The Morgan fingerprint density at radius 1 is 1.42 bits per heavy atom. The van der Waals surface area contributed by atoms with Gasteiger partial charge < -0.3 is 19.4 Å². The first kappa shape index (κ1) is 20.4. The molecule has 26 heavy (non-hydrogen) atoms. The fourth-order valence-corrected chi connectivity index (χ4v) is 4.08. The van der Waals surface area contributed by atoms with Gasteiger partial charge in [0.1, 0.15) is 22.9 Å². The van der Waals surface area contributed by atoms with E-state index >= 15 is 0 Å². The van der Waals surface area contributed by atoms with Crippen molar-refractivity contribution < 1.29 is 23.5 Å². The molecule has 2 rings (SSSR count). The Morgan fingerprint density at radius 3 is 2.81 bits per heavy atom. The first-order valence-corrected chi connectivity index (χ1v) is 9.85. The topological polar surface area (TPSA) is 88.9 Å². The summed E-state index contributed by atoms with van der Waals surface area (Å²) < 4.78 is 10.5. The van der Waals surface area contributed by atoms with E-state index in [1.807, 2.05) is 24.0 Å². The number of esters is 1. The van der Waals surface area contributed by atoms with Gasteiger partial charge in [-0.05, 0) is 31.4 Å². The number of carbonyl (C=O) groups is 3. The van der Waals surface area contributed by atoms with Crippen molar-refractivity contribution in [3.8, 4) is 0 Å². The minimum absolute atomic E-state index is 0.0884. The van der Waals surface area contributed by atoms with Crippen LogP contribution in [0.2, 0.25) is 0 Å². The van der Waals surface area contributed by atoms with Crippen LogP contribution >= 0.6 is 11.8 Å². The van der Waals surface area contributed by atoms with E-state index in [1.165, 1.54) is 14.0 Å². The minimum atomic E-state index is -0.644. The number of unbranched alkanes of at least 4 members (excludes halogenated alkanes) is 1. The number of amides is 2. The molecule has 0 radical (unpaired) electrons. The van der Waals surface area contributed by atoms with Gasteiger partial charge in [-0.2, -0.15) is 0 Å². The van der Waals surface area contributed by atoms with Crippen molar-refractivity contribution in [2.45, 2.75) is 50.9 Å². The second kappa shape index (κ2) is 9.66. The lowest BCUT2D eigenvalue weighted by Gasteiger charge is -2.22. The normalized spacial score (nSPS) is 18.0. The number of ether oxygens (including phenoxy) is 1. The van der Waals surface area contributed by atoms with E-state index in [4.69, 9.17) is 9.15 Å². The van der Waals surface area contributed by atoms with Crippen LogP contribution < -0.4 is 5.32 Å². The molecule has 2 unspecified atom stereocenters. The molecule has 1 saturated heterocycles. The van der Waals surface area contributed by atoms with E-state index in [1.54, 1.807) is 11.8 Å². The van der Waals surface area contributed by atoms with E-state index in [2.05, 4.69) is 5.32 Å². The molecule has 0 saturated carbocycles. The number of furan rings is 1. The summed E-state index contributed by atoms with van der Waals surface area (Å²) in [7, 11) is 1.30. The second-order valence-electron chi connectivity index (χ2n) is 6.18. The number of rotatable bonds is 9. The number of nitrogens with zero attached hydrogens (tertiary/aromatic N) is 1. The van der Waals surface area contributed by atoms with Crippen LogP contribution in [0.5, 0.6) is 0 Å². The van der Waals surface area contributed by atoms with Gasteiger partial charge in [-0.1, -0.05) is 6.92 Å². The highest BCUT2D eigenvalue weighted by atomic mass is 32.2. The van der Waals surface area contributed by atoms with Gasteiger partial charge in [-0.15, -0.1) is 11.8 Å². The van der Waals surface area contributed by atoms with Gasteiger partial charge in [0.25, 0.3) is 0 Å². The lowest BCUT2D eigenvalue weighted by molar-refractivity contribution is -0.145. The molecular formula is C18H26N2O5S. The molecule has 1 aromatic rings. The van der Waals surface area contributed by atoms with Crippen LogP contribution in [0.3, 0.4) is 0 Å². The molecule has 0 aromatic carbocycles. The Balaban J connectivity index is 1.87. The third-order valence-electron chi connectivity index (χ3n) is 4.25. The average Bonchev–Trinajstić information content (AvgIpc) is 3.23. The lowest BCUT2D eigenvalue weighted by atomic mass is 10.1. The number of thioether (sulfide) groups is 1. The average molecular weight is 382 g/mol. The summed E-state index contributed by atoms with van der Waals surface area (Å²) in [6.07, 6.45) is 2.73. The van der Waals surface area contributed by atoms with Crippen LogP contribution in [-0.4, -0.2) is 48.1 Å². The number of hydrogen-bond acceptors (Lipinski definition) is 6. The number of carbonyl (C=O) groups excluding carboxylic acids is 3. The van der Waals surface area contributed by atoms with Gasteiger partial charge in [0.2, 0.25) is 11.8 Å². The molecule has 0 bridgehead atoms. The summed E-state index contributed by atoms with van der Waals surface area (Å²) in [5, 5.41) is 2.51. The number of methoxy groups -OCH3 is 1. The monoisotopic (exact) mass is 382 g/mol. The molecule has 8 heteroatoms. The third kappa shape index (κ3) is 5.27. The largest absolute Gasteiger partial charge is 0.467 e.